The van der Waals surface area contributed by atoms with Crippen LogP contribution in [0.2, 0.25) is 0 Å². The van der Waals surface area contributed by atoms with Gasteiger partial charge in [-0.1, -0.05) is 24.8 Å². The maximum absolute atomic E-state index is 13.0. The summed E-state index contributed by atoms with van der Waals surface area (Å²) >= 11 is -0.0329. The van der Waals surface area contributed by atoms with Crippen LogP contribution in [0, 0.1) is 0 Å². The molecule has 0 saturated heterocycles. The van der Waals surface area contributed by atoms with Crippen molar-refractivity contribution < 1.29 is 35.3 Å². The van der Waals surface area contributed by atoms with Crippen molar-refractivity contribution in [3.63, 3.8) is 0 Å². The molecule has 1 aromatic rings. The molecule has 0 bridgehead atoms. The number of hydrogen-bond donors (Lipinski definition) is 0. The van der Waals surface area contributed by atoms with Crippen molar-refractivity contribution in [3.8, 4) is 0 Å². The first-order valence-corrected chi connectivity index (χ1v) is 10.7. The van der Waals surface area contributed by atoms with Gasteiger partial charge < -0.3 is 8.92 Å². The minimum Gasteiger partial charge on any atom is -0.417 e. The quantitative estimate of drug-likeness (QED) is 0.178. The Hall–Kier alpha value is -2.04. The molecular weight excluding hydrogens is 429 g/mol. The van der Waals surface area contributed by atoms with Crippen LogP contribution in [0.25, 0.3) is 5.57 Å². The van der Waals surface area contributed by atoms with Crippen molar-refractivity contribution in [1.82, 2.24) is 0 Å². The van der Waals surface area contributed by atoms with Crippen LogP contribution in [0.3, 0.4) is 0 Å². The number of carbonyl (C=O) groups is 1. The highest BCUT2D eigenvalue weighted by Gasteiger charge is 2.36. The maximum Gasteiger partial charge on any atom is 0.425 e. The summed E-state index contributed by atoms with van der Waals surface area (Å²) in [6.45, 7) is 6.41. The van der Waals surface area contributed by atoms with Crippen LogP contribution in [0.5, 0.6) is 0 Å². The highest BCUT2D eigenvalue weighted by atomic mass is 32.2. The number of carbonyl (C=O) groups excluding carboxylic acids is 1. The largest absolute Gasteiger partial charge is 0.425 e. The number of alkyl halides is 3. The molecule has 0 aliphatic heterocycles. The Bertz CT molecular complexity index is 912. The normalized spacial score (nSPS) is 14.2. The van der Waals surface area contributed by atoms with Gasteiger partial charge in [0.25, 0.3) is 0 Å². The van der Waals surface area contributed by atoms with E-state index in [1.807, 2.05) is 0 Å². The Morgan fingerprint density at radius 1 is 1.17 bits per heavy atom. The first-order valence-electron chi connectivity index (χ1n) is 8.08. The smallest absolute Gasteiger partial charge is 0.417 e. The van der Waals surface area contributed by atoms with Gasteiger partial charge in [-0.25, -0.2) is 8.42 Å². The summed E-state index contributed by atoms with van der Waals surface area (Å²) in [6, 6.07) is 5.50. The maximum atomic E-state index is 13.0. The van der Waals surface area contributed by atoms with Crippen molar-refractivity contribution in [2.75, 3.05) is 13.4 Å². The zero-order chi connectivity index (χ0) is 22.5. The van der Waals surface area contributed by atoms with Crippen molar-refractivity contribution in [2.45, 2.75) is 30.5 Å². The third kappa shape index (κ3) is 6.76. The Morgan fingerprint density at radius 3 is 2.10 bits per heavy atom. The van der Waals surface area contributed by atoms with Gasteiger partial charge in [-0.3, -0.25) is 4.79 Å². The Labute approximate surface area is 172 Å². The Morgan fingerprint density at radius 2 is 1.72 bits per heavy atom. The lowest BCUT2D eigenvalue weighted by molar-refractivity contribution is -0.106. The van der Waals surface area contributed by atoms with E-state index in [9.17, 15) is 26.4 Å². The van der Waals surface area contributed by atoms with E-state index < -0.39 is 32.3 Å². The van der Waals surface area contributed by atoms with Crippen LogP contribution >= 0.6 is 12.0 Å². The fourth-order valence-corrected chi connectivity index (χ4v) is 3.42. The minimum absolute atomic E-state index is 0.0329. The summed E-state index contributed by atoms with van der Waals surface area (Å²) in [6.07, 6.45) is -1.71. The molecule has 0 aliphatic rings. The molecule has 160 valence electrons. The topological polar surface area (TPSA) is 69.7 Å². The molecule has 0 aliphatic carbocycles. The summed E-state index contributed by atoms with van der Waals surface area (Å²) in [5, 5.41) is 0. The predicted molar refractivity (Wildman–Crippen MR) is 107 cm³/mol. The fraction of sp³-hybridized carbons (Fsp3) is 0.316. The number of hydrogen-bond acceptors (Lipinski definition) is 6. The summed E-state index contributed by atoms with van der Waals surface area (Å²) in [5.74, 6) is -0.395. The average molecular weight is 451 g/mol. The van der Waals surface area contributed by atoms with E-state index in [0.717, 1.165) is 18.4 Å². The molecule has 5 nitrogen and oxygen atoms in total. The Balaban J connectivity index is 3.50. The molecule has 0 fully saturated rings. The molecule has 10 heteroatoms. The van der Waals surface area contributed by atoms with E-state index in [1.54, 1.807) is 13.8 Å². The minimum atomic E-state index is -4.69. The zero-order valence-corrected chi connectivity index (χ0v) is 17.9. The molecule has 0 spiro atoms. The second-order valence-corrected chi connectivity index (χ2v) is 9.09. The monoisotopic (exact) mass is 450 g/mol. The molecule has 1 aromatic carbocycles. The molecule has 0 radical (unpaired) electrons. The van der Waals surface area contributed by atoms with Gasteiger partial charge >= 0.3 is 6.18 Å². The third-order valence-electron chi connectivity index (χ3n) is 3.81. The lowest BCUT2D eigenvalue weighted by Crippen LogP contribution is -2.26. The van der Waals surface area contributed by atoms with E-state index in [-0.39, 0.29) is 28.8 Å². The van der Waals surface area contributed by atoms with Crippen molar-refractivity contribution in [2.24, 2.45) is 0 Å². The number of allylic oxidation sites excluding steroid dienone is 4. The van der Waals surface area contributed by atoms with Crippen molar-refractivity contribution in [3.05, 3.63) is 59.2 Å². The fourth-order valence-electron chi connectivity index (χ4n) is 2.24. The number of methoxy groups -OCH3 is 1. The number of aldehydes is 1. The lowest BCUT2D eigenvalue weighted by atomic mass is 9.90. The van der Waals surface area contributed by atoms with Crippen LogP contribution in [-0.2, 0) is 23.6 Å². The molecule has 0 heterocycles. The molecule has 0 saturated carbocycles. The summed E-state index contributed by atoms with van der Waals surface area (Å²) in [7, 11) is -2.09. The molecule has 0 atom stereocenters. The number of rotatable bonds is 9. The standard InChI is InChI=1S/C19H21F3O5S2/c1-6-7-16(19(20,21)22)28-27-15(12-23)17(18(2,3)26-4)13-8-10-14(11-9-13)29(5,24)25/h6-12H,1H2,2-5H3/b16-7-,17-15+. The van der Waals surface area contributed by atoms with E-state index in [1.165, 1.54) is 31.4 Å². The Kier molecular flexibility index (Phi) is 8.31. The molecule has 1 rings (SSSR count). The average Bonchev–Trinajstić information content (AvgIpc) is 2.62. The molecule has 0 unspecified atom stereocenters. The van der Waals surface area contributed by atoms with Crippen LogP contribution in [-0.4, -0.2) is 39.8 Å². The van der Waals surface area contributed by atoms with Crippen LogP contribution in [0.4, 0.5) is 13.2 Å². The summed E-state index contributed by atoms with van der Waals surface area (Å²) in [5.41, 5.74) is -0.625. The molecule has 0 aromatic heterocycles. The highest BCUT2D eigenvalue weighted by Crippen LogP contribution is 2.39. The van der Waals surface area contributed by atoms with Gasteiger partial charge in [-0.2, -0.15) is 13.2 Å². The lowest BCUT2D eigenvalue weighted by Gasteiger charge is -2.28. The number of ether oxygens (including phenoxy) is 1. The van der Waals surface area contributed by atoms with Gasteiger partial charge in [0, 0.05) is 18.9 Å². The second kappa shape index (κ2) is 9.64. The second-order valence-electron chi connectivity index (χ2n) is 6.30. The van der Waals surface area contributed by atoms with Gasteiger partial charge in [-0.05, 0) is 37.6 Å². The number of benzene rings is 1. The first kappa shape index (κ1) is 25.0. The van der Waals surface area contributed by atoms with Crippen LogP contribution in [0.15, 0.2) is 58.6 Å². The molecule has 0 amide bonds. The highest BCUT2D eigenvalue weighted by molar-refractivity contribution is 7.98. The van der Waals surface area contributed by atoms with Gasteiger partial charge in [-0.15, -0.1) is 0 Å². The molecular formula is C19H21F3O5S2. The van der Waals surface area contributed by atoms with Crippen molar-refractivity contribution >= 4 is 33.7 Å². The molecule has 0 N–H and O–H groups in total. The third-order valence-corrected chi connectivity index (χ3v) is 5.75. The predicted octanol–water partition coefficient (Wildman–Crippen LogP) is 4.72. The van der Waals surface area contributed by atoms with Crippen LogP contribution in [0.1, 0.15) is 19.4 Å². The van der Waals surface area contributed by atoms with Gasteiger partial charge in [0.15, 0.2) is 21.9 Å². The van der Waals surface area contributed by atoms with E-state index >= 15 is 0 Å². The van der Waals surface area contributed by atoms with E-state index in [2.05, 4.69) is 6.58 Å². The summed E-state index contributed by atoms with van der Waals surface area (Å²) in [4.78, 5) is 10.6. The van der Waals surface area contributed by atoms with Gasteiger partial charge in [0.1, 0.15) is 4.91 Å². The SMILES string of the molecule is C=C/C=C(\SO/C(C=O)=C(\c1ccc(S(C)(=O)=O)cc1)C(C)(C)OC)C(F)(F)F. The number of halogens is 3. The number of sulfone groups is 1. The van der Waals surface area contributed by atoms with Crippen LogP contribution < -0.4 is 0 Å². The van der Waals surface area contributed by atoms with E-state index in [4.69, 9.17) is 8.92 Å². The molecule has 29 heavy (non-hydrogen) atoms. The van der Waals surface area contributed by atoms with Crippen molar-refractivity contribution in [1.29, 1.82) is 0 Å². The van der Waals surface area contributed by atoms with Gasteiger partial charge in [0.2, 0.25) is 0 Å². The van der Waals surface area contributed by atoms with Gasteiger partial charge in [0.05, 0.1) is 22.5 Å². The van der Waals surface area contributed by atoms with E-state index in [0.29, 0.717) is 5.56 Å². The zero-order valence-electron chi connectivity index (χ0n) is 16.2. The summed E-state index contributed by atoms with van der Waals surface area (Å²) < 4.78 is 72.9. The first-order chi connectivity index (χ1) is 13.3.